The maximum absolute atomic E-state index is 2.41. The highest BCUT2D eigenvalue weighted by Gasteiger charge is 2.35. The van der Waals surface area contributed by atoms with E-state index in [1.54, 1.807) is 0 Å². The van der Waals surface area contributed by atoms with E-state index in [9.17, 15) is 0 Å². The molecule has 0 unspecified atom stereocenters. The van der Waals surface area contributed by atoms with Crippen molar-refractivity contribution >= 4 is 34.0 Å². The fraction of sp³-hybridized carbons (Fsp3) is 0.0732. The summed E-state index contributed by atoms with van der Waals surface area (Å²) < 4.78 is 2.38. The number of nitrogens with zero attached hydrogens (tertiary/aromatic N) is 1. The van der Waals surface area contributed by atoms with Crippen molar-refractivity contribution in [3.8, 4) is 27.9 Å². The average molecular weight is 538 g/mol. The Kier molecular flexibility index (Phi) is 5.55. The molecule has 0 atom stereocenters. The summed E-state index contributed by atoms with van der Waals surface area (Å²) in [5.74, 6) is 0. The van der Waals surface area contributed by atoms with Crippen molar-refractivity contribution in [3.05, 3.63) is 162 Å². The Hall–Kier alpha value is -5.14. The topological polar surface area (TPSA) is 4.93 Å². The van der Waals surface area contributed by atoms with Gasteiger partial charge in [-0.05, 0) is 74.8 Å². The number of rotatable bonds is 4. The van der Waals surface area contributed by atoms with E-state index in [2.05, 4.69) is 170 Å². The molecule has 0 saturated carbocycles. The first-order chi connectivity index (χ1) is 20.6. The quantitative estimate of drug-likeness (QED) is 0.197. The van der Waals surface area contributed by atoms with Crippen LogP contribution in [0.1, 0.15) is 36.1 Å². The fourth-order valence-corrected chi connectivity index (χ4v) is 6.80. The predicted octanol–water partition coefficient (Wildman–Crippen LogP) is 10.9. The molecule has 7 aromatic rings. The van der Waals surface area contributed by atoms with E-state index in [4.69, 9.17) is 0 Å². The minimum atomic E-state index is -0.0693. The maximum atomic E-state index is 2.41. The molecule has 0 spiro atoms. The van der Waals surface area contributed by atoms with Gasteiger partial charge in [-0.15, -0.1) is 0 Å². The van der Waals surface area contributed by atoms with Crippen molar-refractivity contribution in [2.24, 2.45) is 0 Å². The van der Waals surface area contributed by atoms with Crippen LogP contribution in [0.25, 0.3) is 61.9 Å². The molecule has 0 fully saturated rings. The van der Waals surface area contributed by atoms with E-state index in [0.29, 0.717) is 0 Å². The summed E-state index contributed by atoms with van der Waals surface area (Å²) in [5, 5.41) is 2.58. The zero-order chi connectivity index (χ0) is 28.3. The fourth-order valence-electron chi connectivity index (χ4n) is 6.80. The summed E-state index contributed by atoms with van der Waals surface area (Å²) in [7, 11) is 0. The lowest BCUT2D eigenvalue weighted by atomic mass is 9.81. The van der Waals surface area contributed by atoms with Gasteiger partial charge in [0.05, 0.1) is 11.0 Å². The molecule has 1 heteroatoms. The second-order valence-electron chi connectivity index (χ2n) is 11.9. The first-order valence-corrected chi connectivity index (χ1v) is 14.7. The van der Waals surface area contributed by atoms with E-state index in [1.807, 2.05) is 0 Å². The minimum absolute atomic E-state index is 0.0693. The van der Waals surface area contributed by atoms with Crippen LogP contribution in [0.3, 0.4) is 0 Å². The van der Waals surface area contributed by atoms with Gasteiger partial charge in [0.15, 0.2) is 0 Å². The molecule has 6 aromatic carbocycles. The SMILES string of the molecule is CC1(C)c2cc(C=Cc3ccccc3)ccc2-c2ccc(-c3ccc(-n4c5ccccc5c5ccccc54)cc3)cc21. The summed E-state index contributed by atoms with van der Waals surface area (Å²) in [4.78, 5) is 0. The van der Waals surface area contributed by atoms with Crippen molar-refractivity contribution in [3.63, 3.8) is 0 Å². The molecule has 0 amide bonds. The third-order valence-electron chi connectivity index (χ3n) is 9.01. The highest BCUT2D eigenvalue weighted by molar-refractivity contribution is 6.09. The molecule has 1 aliphatic rings. The van der Waals surface area contributed by atoms with Gasteiger partial charge in [-0.1, -0.05) is 135 Å². The number of fused-ring (bicyclic) bond motifs is 6. The number of benzene rings is 6. The molecule has 0 radical (unpaired) electrons. The monoisotopic (exact) mass is 537 g/mol. The van der Waals surface area contributed by atoms with Crippen LogP contribution >= 0.6 is 0 Å². The van der Waals surface area contributed by atoms with E-state index in [0.717, 1.165) is 0 Å². The molecular weight excluding hydrogens is 506 g/mol. The summed E-state index contributed by atoms with van der Waals surface area (Å²) in [6.07, 6.45) is 4.41. The van der Waals surface area contributed by atoms with Crippen LogP contribution in [-0.2, 0) is 5.41 Å². The normalized spacial score (nSPS) is 13.6. The Bertz CT molecular complexity index is 2090. The average Bonchev–Trinajstić information content (AvgIpc) is 3.49. The molecular formula is C41H31N. The van der Waals surface area contributed by atoms with Crippen LogP contribution in [0.5, 0.6) is 0 Å². The zero-order valence-corrected chi connectivity index (χ0v) is 23.9. The van der Waals surface area contributed by atoms with Crippen molar-refractivity contribution < 1.29 is 0 Å². The molecule has 1 aliphatic carbocycles. The van der Waals surface area contributed by atoms with Gasteiger partial charge in [0.25, 0.3) is 0 Å². The molecule has 0 N–H and O–H groups in total. The number of aromatic nitrogens is 1. The Morgan fingerprint density at radius 3 is 1.71 bits per heavy atom. The second-order valence-corrected chi connectivity index (χ2v) is 11.9. The molecule has 200 valence electrons. The van der Waals surface area contributed by atoms with E-state index < -0.39 is 0 Å². The van der Waals surface area contributed by atoms with Crippen molar-refractivity contribution in [2.75, 3.05) is 0 Å². The van der Waals surface area contributed by atoms with Gasteiger partial charge >= 0.3 is 0 Å². The van der Waals surface area contributed by atoms with Gasteiger partial charge in [-0.2, -0.15) is 0 Å². The highest BCUT2D eigenvalue weighted by atomic mass is 15.0. The third-order valence-corrected chi connectivity index (χ3v) is 9.01. The third kappa shape index (κ3) is 3.85. The van der Waals surface area contributed by atoms with Gasteiger partial charge in [-0.3, -0.25) is 0 Å². The zero-order valence-electron chi connectivity index (χ0n) is 23.9. The van der Waals surface area contributed by atoms with Crippen LogP contribution in [0.4, 0.5) is 0 Å². The van der Waals surface area contributed by atoms with Gasteiger partial charge in [0.1, 0.15) is 0 Å². The van der Waals surface area contributed by atoms with Gasteiger partial charge in [0, 0.05) is 21.9 Å². The lowest BCUT2D eigenvalue weighted by molar-refractivity contribution is 0.660. The van der Waals surface area contributed by atoms with E-state index in [1.165, 1.54) is 72.0 Å². The molecule has 1 aromatic heterocycles. The van der Waals surface area contributed by atoms with Crippen LogP contribution in [0.15, 0.2) is 140 Å². The van der Waals surface area contributed by atoms with Gasteiger partial charge < -0.3 is 4.57 Å². The summed E-state index contributed by atoms with van der Waals surface area (Å²) in [5.41, 5.74) is 14.0. The predicted molar refractivity (Wildman–Crippen MR) is 179 cm³/mol. The number of hydrogen-bond donors (Lipinski definition) is 0. The molecule has 8 rings (SSSR count). The maximum Gasteiger partial charge on any atom is 0.0541 e. The van der Waals surface area contributed by atoms with E-state index in [-0.39, 0.29) is 5.41 Å². The lowest BCUT2D eigenvalue weighted by Crippen LogP contribution is -2.15. The van der Waals surface area contributed by atoms with E-state index >= 15 is 0 Å². The minimum Gasteiger partial charge on any atom is -0.309 e. The Morgan fingerprint density at radius 2 is 1.02 bits per heavy atom. The molecule has 42 heavy (non-hydrogen) atoms. The van der Waals surface area contributed by atoms with Crippen LogP contribution in [0, 0.1) is 0 Å². The first kappa shape index (κ1) is 24.6. The molecule has 0 bridgehead atoms. The highest BCUT2D eigenvalue weighted by Crippen LogP contribution is 2.50. The van der Waals surface area contributed by atoms with Crippen molar-refractivity contribution in [1.29, 1.82) is 0 Å². The smallest absolute Gasteiger partial charge is 0.0541 e. The van der Waals surface area contributed by atoms with Crippen molar-refractivity contribution in [2.45, 2.75) is 19.3 Å². The Labute approximate surface area is 247 Å². The molecule has 1 heterocycles. The second kappa shape index (κ2) is 9.46. The summed E-state index contributed by atoms with van der Waals surface area (Å²) in [6.45, 7) is 4.72. The Morgan fingerprint density at radius 1 is 0.476 bits per heavy atom. The lowest BCUT2D eigenvalue weighted by Gasteiger charge is -2.22. The molecule has 0 aliphatic heterocycles. The van der Waals surface area contributed by atoms with Crippen LogP contribution < -0.4 is 0 Å². The number of hydrogen-bond acceptors (Lipinski definition) is 0. The largest absolute Gasteiger partial charge is 0.309 e. The summed E-state index contributed by atoms with van der Waals surface area (Å²) in [6, 6.07) is 50.8. The number of para-hydroxylation sites is 2. The standard InChI is InChI=1S/C41H31N/c1-41(2)37-26-29(17-16-28-10-4-3-5-11-28)18-24-33(37)34-25-21-31(27-38(34)41)30-19-22-32(23-20-30)42-39-14-8-6-12-35(39)36-13-7-9-15-40(36)42/h3-27H,1-2H3. The van der Waals surface area contributed by atoms with Gasteiger partial charge in [-0.25, -0.2) is 0 Å². The van der Waals surface area contributed by atoms with Crippen LogP contribution in [0.2, 0.25) is 0 Å². The molecule has 0 saturated heterocycles. The van der Waals surface area contributed by atoms with Gasteiger partial charge in [0.2, 0.25) is 0 Å². The Balaban J connectivity index is 1.14. The molecule has 1 nitrogen and oxygen atoms in total. The van der Waals surface area contributed by atoms with Crippen LogP contribution in [-0.4, -0.2) is 4.57 Å². The summed E-state index contributed by atoms with van der Waals surface area (Å²) >= 11 is 0. The first-order valence-electron chi connectivity index (χ1n) is 14.7. The van der Waals surface area contributed by atoms with Crippen molar-refractivity contribution in [1.82, 2.24) is 4.57 Å².